The molecule has 33 heavy (non-hydrogen) atoms. The summed E-state index contributed by atoms with van der Waals surface area (Å²) in [4.78, 5) is 25.7. The minimum absolute atomic E-state index is 0.121. The Morgan fingerprint density at radius 3 is 2.88 bits per heavy atom. The van der Waals surface area contributed by atoms with Crippen molar-refractivity contribution in [2.75, 3.05) is 13.2 Å². The molecule has 5 rings (SSSR count). The Balaban J connectivity index is 1.46. The van der Waals surface area contributed by atoms with Crippen LogP contribution in [0.5, 0.6) is 5.88 Å². The zero-order valence-electron chi connectivity index (χ0n) is 18.4. The van der Waals surface area contributed by atoms with Crippen LogP contribution in [0.2, 0.25) is 0 Å². The van der Waals surface area contributed by atoms with E-state index in [1.165, 1.54) is 4.80 Å². The number of hydrogen-bond acceptors (Lipinski definition) is 8. The van der Waals surface area contributed by atoms with Crippen molar-refractivity contribution in [1.29, 1.82) is 0 Å². The lowest BCUT2D eigenvalue weighted by molar-refractivity contribution is 0.0709. The van der Waals surface area contributed by atoms with Gasteiger partial charge in [0.25, 0.3) is 5.91 Å². The molecular weight excluding hydrogens is 422 g/mol. The van der Waals surface area contributed by atoms with Crippen LogP contribution in [0, 0.1) is 6.92 Å². The Morgan fingerprint density at radius 2 is 2.06 bits per heavy atom. The number of hydrogen-bond donors (Lipinski definition) is 0. The van der Waals surface area contributed by atoms with Crippen molar-refractivity contribution in [3.05, 3.63) is 65.9 Å². The molecule has 1 aliphatic rings. The Bertz CT molecular complexity index is 1270. The lowest BCUT2D eigenvalue weighted by atomic mass is 10.1. The first-order valence-corrected chi connectivity index (χ1v) is 10.9. The fourth-order valence-corrected chi connectivity index (χ4v) is 4.05. The molecule has 168 valence electrons. The zero-order valence-corrected chi connectivity index (χ0v) is 18.4. The number of benzene rings is 1. The number of pyridine rings is 1. The first-order chi connectivity index (χ1) is 16.2. The van der Waals surface area contributed by atoms with E-state index < -0.39 is 0 Å². The first kappa shape index (κ1) is 20.8. The molecule has 1 aromatic carbocycles. The molecular formula is C23H23N7O3. The fraction of sp³-hybridized carbons (Fsp3) is 0.304. The zero-order chi connectivity index (χ0) is 22.8. The molecule has 0 spiro atoms. The Kier molecular flexibility index (Phi) is 5.55. The van der Waals surface area contributed by atoms with E-state index in [0.29, 0.717) is 47.6 Å². The molecule has 0 aliphatic carbocycles. The average Bonchev–Trinajstić information content (AvgIpc) is 3.60. The number of aromatic nitrogens is 6. The normalized spacial score (nSPS) is 15.7. The third kappa shape index (κ3) is 3.95. The molecule has 0 saturated carbocycles. The van der Waals surface area contributed by atoms with Gasteiger partial charge in [0.05, 0.1) is 35.8 Å². The van der Waals surface area contributed by atoms with Crippen LogP contribution >= 0.6 is 0 Å². The van der Waals surface area contributed by atoms with E-state index in [4.69, 9.17) is 9.26 Å². The summed E-state index contributed by atoms with van der Waals surface area (Å²) >= 11 is 0. The summed E-state index contributed by atoms with van der Waals surface area (Å²) in [7, 11) is 0. The second kappa shape index (κ2) is 8.81. The van der Waals surface area contributed by atoms with Gasteiger partial charge in [-0.1, -0.05) is 16.8 Å². The molecule has 1 amide bonds. The minimum atomic E-state index is -0.315. The van der Waals surface area contributed by atoms with Gasteiger partial charge < -0.3 is 14.2 Å². The second-order valence-corrected chi connectivity index (χ2v) is 7.74. The predicted molar refractivity (Wildman–Crippen MR) is 118 cm³/mol. The summed E-state index contributed by atoms with van der Waals surface area (Å²) in [6, 6.07) is 8.97. The van der Waals surface area contributed by atoms with Crippen molar-refractivity contribution in [2.45, 2.75) is 32.7 Å². The van der Waals surface area contributed by atoms with Crippen LogP contribution < -0.4 is 4.74 Å². The number of carbonyl (C=O) groups is 1. The van der Waals surface area contributed by atoms with Crippen molar-refractivity contribution < 1.29 is 14.1 Å². The molecule has 0 radical (unpaired) electrons. The Hall–Kier alpha value is -4.08. The molecule has 4 heterocycles. The summed E-state index contributed by atoms with van der Waals surface area (Å²) in [5.41, 5.74) is 2.79. The number of likely N-dealkylation sites (tertiary alicyclic amines) is 1. The van der Waals surface area contributed by atoms with Crippen molar-refractivity contribution in [1.82, 2.24) is 35.0 Å². The predicted octanol–water partition coefficient (Wildman–Crippen LogP) is 3.40. The molecule has 1 atom stereocenters. The molecule has 10 nitrogen and oxygen atoms in total. The largest absolute Gasteiger partial charge is 0.477 e. The molecule has 10 heteroatoms. The maximum Gasteiger partial charge on any atom is 0.256 e. The van der Waals surface area contributed by atoms with Crippen molar-refractivity contribution in [3.63, 3.8) is 0 Å². The van der Waals surface area contributed by atoms with Crippen LogP contribution in [0.15, 0.2) is 53.4 Å². The maximum absolute atomic E-state index is 13.7. The van der Waals surface area contributed by atoms with Crippen LogP contribution in [-0.2, 0) is 0 Å². The highest BCUT2D eigenvalue weighted by molar-refractivity contribution is 5.98. The van der Waals surface area contributed by atoms with E-state index in [-0.39, 0.29) is 11.9 Å². The van der Waals surface area contributed by atoms with E-state index in [9.17, 15) is 4.79 Å². The Labute approximate surface area is 190 Å². The highest BCUT2D eigenvalue weighted by Crippen LogP contribution is 2.35. The van der Waals surface area contributed by atoms with E-state index in [0.717, 1.165) is 18.4 Å². The van der Waals surface area contributed by atoms with Crippen LogP contribution in [0.25, 0.3) is 17.1 Å². The smallest absolute Gasteiger partial charge is 0.256 e. The van der Waals surface area contributed by atoms with Gasteiger partial charge in [-0.3, -0.25) is 4.79 Å². The molecule has 0 unspecified atom stereocenters. The standard InChI is InChI=1S/C23H23N7O3/c1-3-32-21-16(6-4-10-24-21)20-27-22(33-28-20)19-7-5-13-29(19)23(31)17-14-15(2)8-9-18(17)30-25-11-12-26-30/h4,6,8-12,14,19H,3,5,7,13H2,1-2H3/t19-/m0/s1. The topological polar surface area (TPSA) is 112 Å². The van der Waals surface area contributed by atoms with Gasteiger partial charge >= 0.3 is 0 Å². The monoisotopic (exact) mass is 445 g/mol. The van der Waals surface area contributed by atoms with E-state index >= 15 is 0 Å². The van der Waals surface area contributed by atoms with Gasteiger partial charge in [0.2, 0.25) is 17.6 Å². The highest BCUT2D eigenvalue weighted by atomic mass is 16.5. The highest BCUT2D eigenvalue weighted by Gasteiger charge is 2.36. The number of nitrogens with zero attached hydrogens (tertiary/aromatic N) is 7. The lowest BCUT2D eigenvalue weighted by Gasteiger charge is -2.23. The summed E-state index contributed by atoms with van der Waals surface area (Å²) in [5, 5.41) is 12.5. The summed E-state index contributed by atoms with van der Waals surface area (Å²) in [6.45, 7) is 4.91. The van der Waals surface area contributed by atoms with Crippen LogP contribution in [-0.4, -0.2) is 54.1 Å². The third-order valence-corrected chi connectivity index (χ3v) is 5.55. The van der Waals surface area contributed by atoms with Crippen molar-refractivity contribution >= 4 is 5.91 Å². The van der Waals surface area contributed by atoms with Crippen LogP contribution in [0.3, 0.4) is 0 Å². The van der Waals surface area contributed by atoms with Crippen LogP contribution in [0.1, 0.15) is 47.6 Å². The first-order valence-electron chi connectivity index (χ1n) is 10.9. The lowest BCUT2D eigenvalue weighted by Crippen LogP contribution is -2.31. The molecule has 1 fully saturated rings. The average molecular weight is 445 g/mol. The van der Waals surface area contributed by atoms with Crippen molar-refractivity contribution in [2.24, 2.45) is 0 Å². The summed E-state index contributed by atoms with van der Waals surface area (Å²) < 4.78 is 11.2. The second-order valence-electron chi connectivity index (χ2n) is 7.74. The van der Waals surface area contributed by atoms with E-state index in [1.54, 1.807) is 29.6 Å². The quantitative estimate of drug-likeness (QED) is 0.444. The van der Waals surface area contributed by atoms with Crippen LogP contribution in [0.4, 0.5) is 0 Å². The maximum atomic E-state index is 13.7. The van der Waals surface area contributed by atoms with Gasteiger partial charge in [-0.2, -0.15) is 20.0 Å². The Morgan fingerprint density at radius 1 is 1.21 bits per heavy atom. The number of ether oxygens (including phenoxy) is 1. The molecule has 0 bridgehead atoms. The number of amides is 1. The number of carbonyl (C=O) groups excluding carboxylic acids is 1. The number of aryl methyl sites for hydroxylation is 1. The van der Waals surface area contributed by atoms with Gasteiger partial charge in [-0.05, 0) is 51.0 Å². The SMILES string of the molecule is CCOc1ncccc1-c1noc([C@@H]2CCCN2C(=O)c2cc(C)ccc2-n2nccn2)n1. The van der Waals surface area contributed by atoms with Crippen molar-refractivity contribution in [3.8, 4) is 23.0 Å². The minimum Gasteiger partial charge on any atom is -0.477 e. The summed E-state index contributed by atoms with van der Waals surface area (Å²) in [6.07, 6.45) is 6.40. The van der Waals surface area contributed by atoms with Gasteiger partial charge in [-0.25, -0.2) is 4.98 Å². The van der Waals surface area contributed by atoms with E-state index in [2.05, 4.69) is 25.3 Å². The van der Waals surface area contributed by atoms with Gasteiger partial charge in [0.15, 0.2) is 0 Å². The van der Waals surface area contributed by atoms with Gasteiger partial charge in [-0.15, -0.1) is 0 Å². The molecule has 0 N–H and O–H groups in total. The number of rotatable bonds is 6. The molecule has 1 aliphatic heterocycles. The van der Waals surface area contributed by atoms with E-state index in [1.807, 2.05) is 38.1 Å². The molecule has 3 aromatic heterocycles. The molecule has 1 saturated heterocycles. The molecule has 4 aromatic rings. The fourth-order valence-electron chi connectivity index (χ4n) is 4.05. The van der Waals surface area contributed by atoms with Gasteiger partial charge in [0.1, 0.15) is 6.04 Å². The van der Waals surface area contributed by atoms with Gasteiger partial charge in [0, 0.05) is 12.7 Å². The summed E-state index contributed by atoms with van der Waals surface area (Å²) in [5.74, 6) is 1.11. The third-order valence-electron chi connectivity index (χ3n) is 5.55.